The van der Waals surface area contributed by atoms with E-state index in [1.165, 1.54) is 6.20 Å². The second-order valence-corrected chi connectivity index (χ2v) is 6.09. The summed E-state index contributed by atoms with van der Waals surface area (Å²) >= 11 is 0. The van der Waals surface area contributed by atoms with Crippen molar-refractivity contribution in [3.8, 4) is 17.6 Å². The average Bonchev–Trinajstić information content (AvgIpc) is 2.74. The fourth-order valence-electron chi connectivity index (χ4n) is 2.75. The maximum absolute atomic E-state index is 12.5. The molecule has 1 amide bonds. The molecule has 0 fully saturated rings. The molecule has 0 saturated carbocycles. The molecule has 4 rings (SSSR count). The van der Waals surface area contributed by atoms with E-state index < -0.39 is 0 Å². The number of anilines is 3. The summed E-state index contributed by atoms with van der Waals surface area (Å²) in [7, 11) is 0. The summed E-state index contributed by atoms with van der Waals surface area (Å²) in [6.07, 6.45) is 3.13. The molecule has 2 heterocycles. The molecule has 3 aromatic rings. The number of hydrogen-bond donors (Lipinski definition) is 2. The van der Waals surface area contributed by atoms with E-state index in [0.29, 0.717) is 47.2 Å². The Balaban J connectivity index is 1.47. The minimum Gasteiger partial charge on any atom is -0.486 e. The van der Waals surface area contributed by atoms with Gasteiger partial charge in [-0.25, -0.2) is 0 Å². The molecule has 2 N–H and O–H groups in total. The zero-order valence-electron chi connectivity index (χ0n) is 14.8. The van der Waals surface area contributed by atoms with E-state index in [1.54, 1.807) is 36.5 Å². The van der Waals surface area contributed by atoms with Gasteiger partial charge < -0.3 is 20.1 Å². The summed E-state index contributed by atoms with van der Waals surface area (Å²) in [6.45, 7) is 1.06. The highest BCUT2D eigenvalue weighted by molar-refractivity contribution is 6.04. The summed E-state index contributed by atoms with van der Waals surface area (Å²) in [5.41, 5.74) is 3.02. The highest BCUT2D eigenvalue weighted by Crippen LogP contribution is 2.33. The highest BCUT2D eigenvalue weighted by atomic mass is 16.6. The predicted octanol–water partition coefficient (Wildman–Crippen LogP) is 3.72. The predicted molar refractivity (Wildman–Crippen MR) is 104 cm³/mol. The molecular weight excluding hydrogens is 356 g/mol. The normalized spacial score (nSPS) is 12.0. The van der Waals surface area contributed by atoms with Crippen LogP contribution in [0.3, 0.4) is 0 Å². The number of pyridine rings is 1. The number of benzene rings is 2. The minimum atomic E-state index is -0.289. The molecule has 7 heteroatoms. The van der Waals surface area contributed by atoms with Crippen LogP contribution in [-0.4, -0.2) is 24.1 Å². The van der Waals surface area contributed by atoms with Crippen molar-refractivity contribution in [3.63, 3.8) is 0 Å². The van der Waals surface area contributed by atoms with Crippen molar-refractivity contribution >= 4 is 23.0 Å². The van der Waals surface area contributed by atoms with E-state index in [1.807, 2.05) is 24.3 Å². The first-order valence-corrected chi connectivity index (χ1v) is 8.64. The first-order valence-electron chi connectivity index (χ1n) is 8.64. The van der Waals surface area contributed by atoms with Crippen LogP contribution in [0.1, 0.15) is 15.9 Å². The van der Waals surface area contributed by atoms with Gasteiger partial charge in [-0.3, -0.25) is 9.78 Å². The van der Waals surface area contributed by atoms with Gasteiger partial charge in [-0.2, -0.15) is 5.26 Å². The van der Waals surface area contributed by atoms with Gasteiger partial charge in [-0.05, 0) is 42.5 Å². The SMILES string of the molecule is N#Cc1ccc(NC(=O)c2cncc(Nc3ccc4c(c3)OCCO4)c2)cc1. The Bertz CT molecular complexity index is 1060. The standard InChI is InChI=1S/C21H16N4O3/c22-11-14-1-3-16(4-2-14)25-21(26)15-9-18(13-23-12-15)24-17-5-6-19-20(10-17)28-8-7-27-19/h1-6,9-10,12-13,24H,7-8H2,(H,25,26). The third-order valence-corrected chi connectivity index (χ3v) is 4.10. The molecular formula is C21H16N4O3. The zero-order valence-corrected chi connectivity index (χ0v) is 14.8. The lowest BCUT2D eigenvalue weighted by molar-refractivity contribution is 0.102. The van der Waals surface area contributed by atoms with Crippen molar-refractivity contribution < 1.29 is 14.3 Å². The van der Waals surface area contributed by atoms with Gasteiger partial charge in [0.25, 0.3) is 5.91 Å². The molecule has 1 aromatic heterocycles. The molecule has 0 bridgehead atoms. The summed E-state index contributed by atoms with van der Waals surface area (Å²) in [4.78, 5) is 16.6. The van der Waals surface area contributed by atoms with Gasteiger partial charge in [-0.1, -0.05) is 0 Å². The van der Waals surface area contributed by atoms with Gasteiger partial charge >= 0.3 is 0 Å². The number of aromatic nitrogens is 1. The van der Waals surface area contributed by atoms with E-state index in [4.69, 9.17) is 14.7 Å². The number of ether oxygens (including phenoxy) is 2. The molecule has 0 saturated heterocycles. The molecule has 7 nitrogen and oxygen atoms in total. The molecule has 138 valence electrons. The summed E-state index contributed by atoms with van der Waals surface area (Å²) in [5, 5.41) is 14.8. The van der Waals surface area contributed by atoms with Gasteiger partial charge in [0.15, 0.2) is 11.5 Å². The number of fused-ring (bicyclic) bond motifs is 1. The Morgan fingerprint density at radius 3 is 2.46 bits per heavy atom. The van der Waals surface area contributed by atoms with E-state index >= 15 is 0 Å². The molecule has 0 radical (unpaired) electrons. The topological polar surface area (TPSA) is 96.3 Å². The Hall–Kier alpha value is -4.05. The molecule has 2 aromatic carbocycles. The van der Waals surface area contributed by atoms with Gasteiger partial charge in [0.2, 0.25) is 0 Å². The van der Waals surface area contributed by atoms with Gasteiger partial charge in [-0.15, -0.1) is 0 Å². The molecule has 28 heavy (non-hydrogen) atoms. The van der Waals surface area contributed by atoms with E-state index in [2.05, 4.69) is 15.6 Å². The van der Waals surface area contributed by atoms with Crippen LogP contribution in [-0.2, 0) is 0 Å². The number of amides is 1. The van der Waals surface area contributed by atoms with Crippen LogP contribution in [0, 0.1) is 11.3 Å². The minimum absolute atomic E-state index is 0.289. The van der Waals surface area contributed by atoms with Crippen molar-refractivity contribution in [1.82, 2.24) is 4.98 Å². The number of rotatable bonds is 4. The van der Waals surface area contributed by atoms with Crippen LogP contribution in [0.25, 0.3) is 0 Å². The maximum Gasteiger partial charge on any atom is 0.257 e. The third kappa shape index (κ3) is 3.86. The van der Waals surface area contributed by atoms with Crippen molar-refractivity contribution in [3.05, 3.63) is 72.1 Å². The lowest BCUT2D eigenvalue weighted by Gasteiger charge is -2.19. The van der Waals surface area contributed by atoms with Crippen LogP contribution in [0.2, 0.25) is 0 Å². The quantitative estimate of drug-likeness (QED) is 0.725. The lowest BCUT2D eigenvalue weighted by atomic mass is 10.2. The molecule has 0 spiro atoms. The maximum atomic E-state index is 12.5. The fourth-order valence-corrected chi connectivity index (χ4v) is 2.75. The number of carbonyl (C=O) groups excluding carboxylic acids is 1. The monoisotopic (exact) mass is 372 g/mol. The summed E-state index contributed by atoms with van der Waals surface area (Å²) in [6, 6.07) is 16.0. The molecule has 0 aliphatic carbocycles. The highest BCUT2D eigenvalue weighted by Gasteiger charge is 2.12. The van der Waals surface area contributed by atoms with Crippen LogP contribution < -0.4 is 20.1 Å². The molecule has 1 aliphatic rings. The van der Waals surface area contributed by atoms with Crippen molar-refractivity contribution in [2.75, 3.05) is 23.8 Å². The van der Waals surface area contributed by atoms with E-state index in [9.17, 15) is 4.79 Å². The fraction of sp³-hybridized carbons (Fsp3) is 0.0952. The largest absolute Gasteiger partial charge is 0.486 e. The summed E-state index contributed by atoms with van der Waals surface area (Å²) < 4.78 is 11.1. The second kappa shape index (κ2) is 7.68. The Morgan fingerprint density at radius 1 is 0.929 bits per heavy atom. The van der Waals surface area contributed by atoms with Crippen molar-refractivity contribution in [2.24, 2.45) is 0 Å². The first-order chi connectivity index (χ1) is 13.7. The van der Waals surface area contributed by atoms with Crippen LogP contribution >= 0.6 is 0 Å². The van der Waals surface area contributed by atoms with Gasteiger partial charge in [0, 0.05) is 23.6 Å². The number of nitrogens with zero attached hydrogens (tertiary/aromatic N) is 2. The first kappa shape index (κ1) is 17.4. The molecule has 1 aliphatic heterocycles. The van der Waals surface area contributed by atoms with Crippen LogP contribution in [0.15, 0.2) is 60.9 Å². The number of nitrogens with one attached hydrogen (secondary N) is 2. The zero-order chi connectivity index (χ0) is 19.3. The number of carbonyl (C=O) groups is 1. The smallest absolute Gasteiger partial charge is 0.257 e. The van der Waals surface area contributed by atoms with Crippen LogP contribution in [0.4, 0.5) is 17.1 Å². The summed E-state index contributed by atoms with van der Waals surface area (Å²) in [5.74, 6) is 1.10. The Kier molecular flexibility index (Phi) is 4.76. The van der Waals surface area contributed by atoms with Gasteiger partial charge in [0.05, 0.1) is 29.1 Å². The van der Waals surface area contributed by atoms with E-state index in [0.717, 1.165) is 5.69 Å². The Labute approximate surface area is 161 Å². The lowest BCUT2D eigenvalue weighted by Crippen LogP contribution is -2.15. The number of nitriles is 1. The van der Waals surface area contributed by atoms with Crippen LogP contribution in [0.5, 0.6) is 11.5 Å². The Morgan fingerprint density at radius 2 is 1.68 bits per heavy atom. The van der Waals surface area contributed by atoms with E-state index in [-0.39, 0.29) is 5.91 Å². The second-order valence-electron chi connectivity index (χ2n) is 6.09. The van der Waals surface area contributed by atoms with Crippen molar-refractivity contribution in [2.45, 2.75) is 0 Å². The van der Waals surface area contributed by atoms with Crippen molar-refractivity contribution in [1.29, 1.82) is 5.26 Å². The number of hydrogen-bond acceptors (Lipinski definition) is 6. The third-order valence-electron chi connectivity index (χ3n) is 4.10. The van der Waals surface area contributed by atoms with Gasteiger partial charge in [0.1, 0.15) is 13.2 Å². The molecule has 0 unspecified atom stereocenters. The average molecular weight is 372 g/mol. The molecule has 0 atom stereocenters.